The normalized spacial score (nSPS) is 25.9. The molecular formula is C18H19N3O. The van der Waals surface area contributed by atoms with Crippen LogP contribution in [0.1, 0.15) is 23.7 Å². The molecule has 0 fully saturated rings. The Labute approximate surface area is 130 Å². The van der Waals surface area contributed by atoms with Crippen LogP contribution in [-0.2, 0) is 17.6 Å². The smallest absolute Gasteiger partial charge is 0.282 e. The average Bonchev–Trinajstić information content (AvgIpc) is 2.99. The van der Waals surface area contributed by atoms with E-state index in [1.165, 1.54) is 16.7 Å². The van der Waals surface area contributed by atoms with Crippen molar-refractivity contribution in [2.45, 2.75) is 38.3 Å². The van der Waals surface area contributed by atoms with E-state index in [2.05, 4.69) is 47.2 Å². The van der Waals surface area contributed by atoms with Crippen molar-refractivity contribution in [1.82, 2.24) is 4.98 Å². The van der Waals surface area contributed by atoms with Crippen LogP contribution < -0.4 is 5.73 Å². The van der Waals surface area contributed by atoms with Crippen molar-refractivity contribution in [3.05, 3.63) is 53.3 Å². The van der Waals surface area contributed by atoms with Gasteiger partial charge in [-0.05, 0) is 36.6 Å². The van der Waals surface area contributed by atoms with Crippen LogP contribution in [0.3, 0.4) is 0 Å². The fourth-order valence-electron chi connectivity index (χ4n) is 3.60. The highest BCUT2D eigenvalue weighted by atomic mass is 16.5. The van der Waals surface area contributed by atoms with Crippen molar-refractivity contribution in [3.63, 3.8) is 0 Å². The van der Waals surface area contributed by atoms with Crippen molar-refractivity contribution in [1.29, 1.82) is 0 Å². The Kier molecular flexibility index (Phi) is 2.76. The number of benzene rings is 1. The van der Waals surface area contributed by atoms with E-state index in [1.54, 1.807) is 0 Å². The van der Waals surface area contributed by atoms with Crippen LogP contribution in [0.15, 0.2) is 41.5 Å². The third-order valence-electron chi connectivity index (χ3n) is 4.86. The number of nitrogens with zero attached hydrogens (tertiary/aromatic N) is 2. The Hall–Kier alpha value is -2.36. The molecule has 4 heteroatoms. The molecule has 2 heterocycles. The molecule has 1 aliphatic heterocycles. The Morgan fingerprint density at radius 2 is 2.09 bits per heavy atom. The SMILES string of the molecule is Cc1ccc(-c2cccc3c2C[C@@]2(C3)N=C(N)O[C@@H]2C)cn1. The number of hydrogen-bond donors (Lipinski definition) is 1. The summed E-state index contributed by atoms with van der Waals surface area (Å²) in [5.41, 5.74) is 11.7. The topological polar surface area (TPSA) is 60.5 Å². The number of aliphatic imine (C=N–C) groups is 1. The lowest BCUT2D eigenvalue weighted by molar-refractivity contribution is 0.157. The van der Waals surface area contributed by atoms with Gasteiger partial charge >= 0.3 is 0 Å². The lowest BCUT2D eigenvalue weighted by Gasteiger charge is -2.23. The number of fused-ring (bicyclic) bond motifs is 1. The zero-order valence-corrected chi connectivity index (χ0v) is 12.8. The highest BCUT2D eigenvalue weighted by Crippen LogP contribution is 2.43. The minimum Gasteiger partial charge on any atom is -0.460 e. The summed E-state index contributed by atoms with van der Waals surface area (Å²) < 4.78 is 5.61. The minimum absolute atomic E-state index is 0.0175. The zero-order chi connectivity index (χ0) is 15.3. The number of ether oxygens (including phenoxy) is 1. The molecule has 1 aliphatic carbocycles. The van der Waals surface area contributed by atoms with Gasteiger partial charge in [0, 0.05) is 30.3 Å². The molecule has 1 spiro atoms. The second kappa shape index (κ2) is 4.57. The third kappa shape index (κ3) is 1.90. The van der Waals surface area contributed by atoms with Crippen LogP contribution in [0.25, 0.3) is 11.1 Å². The van der Waals surface area contributed by atoms with Gasteiger partial charge in [-0.1, -0.05) is 24.3 Å². The van der Waals surface area contributed by atoms with Crippen LogP contribution in [0.4, 0.5) is 0 Å². The fraction of sp³-hybridized carbons (Fsp3) is 0.333. The molecule has 2 atom stereocenters. The largest absolute Gasteiger partial charge is 0.460 e. The lowest BCUT2D eigenvalue weighted by Crippen LogP contribution is -2.36. The molecule has 22 heavy (non-hydrogen) atoms. The number of nitrogens with two attached hydrogens (primary N) is 1. The van der Waals surface area contributed by atoms with Gasteiger partial charge in [0.25, 0.3) is 6.02 Å². The molecule has 0 amide bonds. The van der Waals surface area contributed by atoms with E-state index in [0.717, 1.165) is 24.1 Å². The molecule has 1 aromatic carbocycles. The predicted octanol–water partition coefficient (Wildman–Crippen LogP) is 2.63. The molecule has 2 aliphatic rings. The minimum atomic E-state index is -0.235. The molecule has 0 saturated heterocycles. The fourth-order valence-corrected chi connectivity index (χ4v) is 3.60. The van der Waals surface area contributed by atoms with Crippen molar-refractivity contribution in [2.75, 3.05) is 0 Å². The summed E-state index contributed by atoms with van der Waals surface area (Å²) in [7, 11) is 0. The predicted molar refractivity (Wildman–Crippen MR) is 86.7 cm³/mol. The molecule has 0 unspecified atom stereocenters. The summed E-state index contributed by atoms with van der Waals surface area (Å²) in [6.45, 7) is 4.06. The highest BCUT2D eigenvalue weighted by molar-refractivity contribution is 5.76. The zero-order valence-electron chi connectivity index (χ0n) is 12.8. The van der Waals surface area contributed by atoms with E-state index in [0.29, 0.717) is 6.02 Å². The average molecular weight is 293 g/mol. The quantitative estimate of drug-likeness (QED) is 0.879. The number of aromatic nitrogens is 1. The second-order valence-electron chi connectivity index (χ2n) is 6.30. The monoisotopic (exact) mass is 293 g/mol. The summed E-state index contributed by atoms with van der Waals surface area (Å²) in [6.07, 6.45) is 3.72. The maximum atomic E-state index is 5.80. The van der Waals surface area contributed by atoms with Gasteiger partial charge in [-0.2, -0.15) is 0 Å². The van der Waals surface area contributed by atoms with Crippen LogP contribution in [0, 0.1) is 6.92 Å². The summed E-state index contributed by atoms with van der Waals surface area (Å²) in [5, 5.41) is 0. The van der Waals surface area contributed by atoms with Gasteiger partial charge in [-0.15, -0.1) is 0 Å². The maximum absolute atomic E-state index is 5.80. The van der Waals surface area contributed by atoms with Gasteiger partial charge < -0.3 is 10.5 Å². The Bertz CT molecular complexity index is 766. The standard InChI is InChI=1S/C18H19N3O/c1-11-6-7-14(10-20-11)15-5-3-4-13-8-18(9-16(13)15)12(2)22-17(19)21-18/h3-7,10,12H,8-9H2,1-2H3,(H2,19,21)/t12-,18-/m1/s1. The molecule has 2 N–H and O–H groups in total. The van der Waals surface area contributed by atoms with Crippen molar-refractivity contribution < 1.29 is 4.74 Å². The maximum Gasteiger partial charge on any atom is 0.282 e. The first-order chi connectivity index (χ1) is 10.6. The number of amidine groups is 1. The van der Waals surface area contributed by atoms with Gasteiger partial charge in [0.1, 0.15) is 11.6 Å². The van der Waals surface area contributed by atoms with Crippen LogP contribution >= 0.6 is 0 Å². The molecule has 0 radical (unpaired) electrons. The van der Waals surface area contributed by atoms with E-state index < -0.39 is 0 Å². The van der Waals surface area contributed by atoms with E-state index in [1.807, 2.05) is 13.1 Å². The lowest BCUT2D eigenvalue weighted by atomic mass is 9.90. The van der Waals surface area contributed by atoms with Crippen LogP contribution in [-0.4, -0.2) is 22.6 Å². The van der Waals surface area contributed by atoms with Gasteiger partial charge in [0.15, 0.2) is 0 Å². The number of hydrogen-bond acceptors (Lipinski definition) is 4. The highest BCUT2D eigenvalue weighted by Gasteiger charge is 2.48. The molecule has 4 nitrogen and oxygen atoms in total. The van der Waals surface area contributed by atoms with Crippen LogP contribution in [0.2, 0.25) is 0 Å². The van der Waals surface area contributed by atoms with Crippen molar-refractivity contribution in [2.24, 2.45) is 10.7 Å². The van der Waals surface area contributed by atoms with Gasteiger partial charge in [-0.3, -0.25) is 4.98 Å². The van der Waals surface area contributed by atoms with Crippen LogP contribution in [0.5, 0.6) is 0 Å². The summed E-state index contributed by atoms with van der Waals surface area (Å²) >= 11 is 0. The first-order valence-corrected chi connectivity index (χ1v) is 7.63. The van der Waals surface area contributed by atoms with Gasteiger partial charge in [0.05, 0.1) is 0 Å². The summed E-state index contributed by atoms with van der Waals surface area (Å²) in [4.78, 5) is 9.05. The summed E-state index contributed by atoms with van der Waals surface area (Å²) in [5.74, 6) is 0. The molecule has 1 aromatic heterocycles. The van der Waals surface area contributed by atoms with Gasteiger partial charge in [-0.25, -0.2) is 4.99 Å². The first kappa shape index (κ1) is 13.3. The van der Waals surface area contributed by atoms with Gasteiger partial charge in [0.2, 0.25) is 0 Å². The molecule has 0 bridgehead atoms. The molecule has 112 valence electrons. The third-order valence-corrected chi connectivity index (χ3v) is 4.86. The molecular weight excluding hydrogens is 274 g/mol. The van der Waals surface area contributed by atoms with Crippen molar-refractivity contribution in [3.8, 4) is 11.1 Å². The number of rotatable bonds is 1. The van der Waals surface area contributed by atoms with E-state index in [4.69, 9.17) is 10.5 Å². The van der Waals surface area contributed by atoms with E-state index >= 15 is 0 Å². The van der Waals surface area contributed by atoms with Crippen molar-refractivity contribution >= 4 is 6.02 Å². The Balaban J connectivity index is 1.79. The Morgan fingerprint density at radius 3 is 2.77 bits per heavy atom. The summed E-state index contributed by atoms with van der Waals surface area (Å²) in [6, 6.07) is 11.0. The number of pyridine rings is 1. The molecule has 2 aromatic rings. The first-order valence-electron chi connectivity index (χ1n) is 7.63. The molecule has 0 saturated carbocycles. The second-order valence-corrected chi connectivity index (χ2v) is 6.30. The molecule has 4 rings (SSSR count). The Morgan fingerprint density at radius 1 is 1.23 bits per heavy atom. The van der Waals surface area contributed by atoms with E-state index in [-0.39, 0.29) is 11.6 Å². The van der Waals surface area contributed by atoms with E-state index in [9.17, 15) is 0 Å². The number of aryl methyl sites for hydroxylation is 1.